The first kappa shape index (κ1) is 23.2. The molecule has 2 amide bonds. The molecule has 5 nitrogen and oxygen atoms in total. The molecule has 32 heavy (non-hydrogen) atoms. The van der Waals surface area contributed by atoms with Crippen LogP contribution >= 0.6 is 0 Å². The van der Waals surface area contributed by atoms with Crippen LogP contribution in [0.4, 0.5) is 11.4 Å². The number of aromatic nitrogens is 1. The van der Waals surface area contributed by atoms with Crippen LogP contribution in [0.3, 0.4) is 0 Å². The fraction of sp³-hybridized carbons (Fsp3) is 0.296. The highest BCUT2D eigenvalue weighted by atomic mass is 16.2. The number of nitrogens with zero attached hydrogens (tertiary/aromatic N) is 1. The van der Waals surface area contributed by atoms with Crippen molar-refractivity contribution in [3.05, 3.63) is 89.2 Å². The number of rotatable bonds is 4. The molecule has 0 aliphatic rings. The third-order valence-electron chi connectivity index (χ3n) is 5.19. The maximum Gasteiger partial charge on any atom is 0.274 e. The summed E-state index contributed by atoms with van der Waals surface area (Å²) in [6.07, 6.45) is 0. The maximum atomic E-state index is 12.8. The van der Waals surface area contributed by atoms with E-state index >= 15 is 0 Å². The van der Waals surface area contributed by atoms with E-state index in [0.29, 0.717) is 11.4 Å². The van der Waals surface area contributed by atoms with Crippen molar-refractivity contribution in [2.45, 2.75) is 52.4 Å². The molecule has 0 fully saturated rings. The van der Waals surface area contributed by atoms with Gasteiger partial charge in [-0.2, -0.15) is 0 Å². The molecule has 0 aliphatic carbocycles. The smallest absolute Gasteiger partial charge is 0.274 e. The predicted molar refractivity (Wildman–Crippen MR) is 130 cm³/mol. The number of pyridine rings is 1. The monoisotopic (exact) mass is 429 g/mol. The summed E-state index contributed by atoms with van der Waals surface area (Å²) < 4.78 is 0. The van der Waals surface area contributed by atoms with Crippen LogP contribution in [0.1, 0.15) is 73.6 Å². The fourth-order valence-electron chi connectivity index (χ4n) is 3.20. The molecule has 1 heterocycles. The molecule has 0 aliphatic heterocycles. The normalized spacial score (nSPS) is 11.7. The summed E-state index contributed by atoms with van der Waals surface area (Å²) in [6.45, 7) is 12.7. The molecule has 1 aromatic heterocycles. The number of carbonyl (C=O) groups excluding carboxylic acids is 2. The van der Waals surface area contributed by atoms with Crippen LogP contribution in [0.5, 0.6) is 0 Å². The number of carbonyl (C=O) groups is 2. The third kappa shape index (κ3) is 5.82. The predicted octanol–water partition coefficient (Wildman–Crippen LogP) is 6.18. The van der Waals surface area contributed by atoms with E-state index in [0.717, 1.165) is 11.1 Å². The number of hydrogen-bond donors (Lipinski definition) is 2. The van der Waals surface area contributed by atoms with E-state index in [1.165, 1.54) is 0 Å². The van der Waals surface area contributed by atoms with Gasteiger partial charge in [-0.1, -0.05) is 71.9 Å². The summed E-state index contributed by atoms with van der Waals surface area (Å²) in [5.41, 5.74) is 3.94. The van der Waals surface area contributed by atoms with Crippen molar-refractivity contribution in [3.63, 3.8) is 0 Å². The largest absolute Gasteiger partial charge is 0.321 e. The van der Waals surface area contributed by atoms with Crippen molar-refractivity contribution in [2.75, 3.05) is 10.6 Å². The van der Waals surface area contributed by atoms with Crippen molar-refractivity contribution in [3.8, 4) is 0 Å². The lowest BCUT2D eigenvalue weighted by Crippen LogP contribution is -2.19. The molecule has 0 saturated carbocycles. The first-order valence-corrected chi connectivity index (χ1v) is 10.7. The van der Waals surface area contributed by atoms with Crippen molar-refractivity contribution in [2.24, 2.45) is 0 Å². The average Bonchev–Trinajstić information content (AvgIpc) is 2.73. The zero-order valence-electron chi connectivity index (χ0n) is 19.6. The third-order valence-corrected chi connectivity index (χ3v) is 5.19. The van der Waals surface area contributed by atoms with Gasteiger partial charge in [0.05, 0.1) is 0 Å². The molecule has 0 atom stereocenters. The Hall–Kier alpha value is -3.47. The van der Waals surface area contributed by atoms with Crippen LogP contribution in [-0.4, -0.2) is 16.8 Å². The van der Waals surface area contributed by atoms with Gasteiger partial charge in [-0.15, -0.1) is 0 Å². The molecule has 0 saturated heterocycles. The molecule has 0 radical (unpaired) electrons. The lowest BCUT2D eigenvalue weighted by atomic mass is 9.87. The van der Waals surface area contributed by atoms with Crippen LogP contribution in [-0.2, 0) is 10.8 Å². The molecule has 0 bridgehead atoms. The Bertz CT molecular complexity index is 1050. The van der Waals surface area contributed by atoms with Gasteiger partial charge in [0.1, 0.15) is 11.4 Å². The minimum absolute atomic E-state index is 0.0265. The highest BCUT2D eigenvalue weighted by Crippen LogP contribution is 2.26. The van der Waals surface area contributed by atoms with E-state index < -0.39 is 0 Å². The van der Waals surface area contributed by atoms with E-state index in [9.17, 15) is 9.59 Å². The van der Waals surface area contributed by atoms with Gasteiger partial charge in [0.2, 0.25) is 0 Å². The van der Waals surface area contributed by atoms with E-state index in [1.807, 2.05) is 48.5 Å². The van der Waals surface area contributed by atoms with Gasteiger partial charge in [0, 0.05) is 11.4 Å². The first-order chi connectivity index (χ1) is 14.9. The zero-order chi connectivity index (χ0) is 23.5. The van der Waals surface area contributed by atoms with Gasteiger partial charge >= 0.3 is 0 Å². The van der Waals surface area contributed by atoms with Crippen LogP contribution in [0, 0.1) is 0 Å². The first-order valence-electron chi connectivity index (χ1n) is 10.7. The minimum atomic E-state index is -0.361. The van der Waals surface area contributed by atoms with Crippen molar-refractivity contribution < 1.29 is 9.59 Å². The second-order valence-electron chi connectivity index (χ2n) is 9.98. The van der Waals surface area contributed by atoms with E-state index in [-0.39, 0.29) is 34.0 Å². The molecule has 5 heteroatoms. The van der Waals surface area contributed by atoms with Gasteiger partial charge in [-0.3, -0.25) is 9.59 Å². The number of anilines is 2. The molecular formula is C27H31N3O2. The summed E-state index contributed by atoms with van der Waals surface area (Å²) >= 11 is 0. The van der Waals surface area contributed by atoms with Gasteiger partial charge in [-0.05, 0) is 58.4 Å². The summed E-state index contributed by atoms with van der Waals surface area (Å²) in [5.74, 6) is -0.721. The lowest BCUT2D eigenvalue weighted by Gasteiger charge is -2.20. The summed E-state index contributed by atoms with van der Waals surface area (Å²) in [4.78, 5) is 29.8. The van der Waals surface area contributed by atoms with E-state index in [1.54, 1.807) is 18.2 Å². The molecule has 3 rings (SSSR count). The SMILES string of the molecule is CC(C)(C)c1cccc(NC(=O)c2cccc(C(=O)Nc3cccc(C(C)(C)C)c3)n2)c1. The number of amides is 2. The average molecular weight is 430 g/mol. The highest BCUT2D eigenvalue weighted by molar-refractivity contribution is 6.06. The van der Waals surface area contributed by atoms with Crippen LogP contribution < -0.4 is 10.6 Å². The number of hydrogen-bond acceptors (Lipinski definition) is 3. The van der Waals surface area contributed by atoms with Crippen LogP contribution in [0.25, 0.3) is 0 Å². The summed E-state index contributed by atoms with van der Waals surface area (Å²) in [6, 6.07) is 20.3. The molecule has 2 N–H and O–H groups in total. The standard InChI is InChI=1S/C27H31N3O2/c1-26(2,3)18-10-7-12-20(16-18)28-24(31)22-14-9-15-23(30-22)25(32)29-21-13-8-11-19(17-21)27(4,5)6/h7-17H,1-6H3,(H,28,31)(H,29,32). The van der Waals surface area contributed by atoms with Gasteiger partial charge in [0.15, 0.2) is 0 Å². The maximum absolute atomic E-state index is 12.8. The Labute approximate surface area is 190 Å². The van der Waals surface area contributed by atoms with Crippen molar-refractivity contribution in [1.82, 2.24) is 4.98 Å². The number of nitrogens with one attached hydrogen (secondary N) is 2. The molecule has 2 aromatic carbocycles. The molecule has 0 spiro atoms. The van der Waals surface area contributed by atoms with Gasteiger partial charge in [0.25, 0.3) is 11.8 Å². The Balaban J connectivity index is 1.75. The zero-order valence-corrected chi connectivity index (χ0v) is 19.6. The van der Waals surface area contributed by atoms with Gasteiger partial charge < -0.3 is 10.6 Å². The molecule has 0 unspecified atom stereocenters. The second kappa shape index (κ2) is 8.95. The van der Waals surface area contributed by atoms with Gasteiger partial charge in [-0.25, -0.2) is 4.98 Å². The van der Waals surface area contributed by atoms with Crippen LogP contribution in [0.15, 0.2) is 66.7 Å². The number of benzene rings is 2. The second-order valence-corrected chi connectivity index (χ2v) is 9.98. The Kier molecular flexibility index (Phi) is 6.49. The Morgan fingerprint density at radius 2 is 1.00 bits per heavy atom. The van der Waals surface area contributed by atoms with E-state index in [4.69, 9.17) is 0 Å². The van der Waals surface area contributed by atoms with E-state index in [2.05, 4.69) is 57.2 Å². The molecular weight excluding hydrogens is 398 g/mol. The van der Waals surface area contributed by atoms with Crippen LogP contribution in [0.2, 0.25) is 0 Å². The summed E-state index contributed by atoms with van der Waals surface area (Å²) in [5, 5.41) is 5.75. The Morgan fingerprint density at radius 1 is 0.625 bits per heavy atom. The molecule has 166 valence electrons. The quantitative estimate of drug-likeness (QED) is 0.520. The highest BCUT2D eigenvalue weighted by Gasteiger charge is 2.17. The lowest BCUT2D eigenvalue weighted by molar-refractivity contribution is 0.101. The minimum Gasteiger partial charge on any atom is -0.321 e. The van der Waals surface area contributed by atoms with Crippen molar-refractivity contribution in [1.29, 1.82) is 0 Å². The fourth-order valence-corrected chi connectivity index (χ4v) is 3.20. The summed E-state index contributed by atoms with van der Waals surface area (Å²) in [7, 11) is 0. The topological polar surface area (TPSA) is 71.1 Å². The molecule has 3 aromatic rings. The Morgan fingerprint density at radius 3 is 1.38 bits per heavy atom. The van der Waals surface area contributed by atoms with Crippen molar-refractivity contribution >= 4 is 23.2 Å².